The molecule has 0 aliphatic rings. The molecule has 146 valence electrons. The second kappa shape index (κ2) is 9.87. The highest BCUT2D eigenvalue weighted by Gasteiger charge is 2.17. The molecule has 0 fully saturated rings. The smallest absolute Gasteiger partial charge is 0.340 e. The molecule has 0 atom stereocenters. The molecule has 0 unspecified atom stereocenters. The molecule has 0 spiro atoms. The zero-order valence-electron chi connectivity index (χ0n) is 15.6. The van der Waals surface area contributed by atoms with E-state index in [4.69, 9.17) is 9.15 Å². The average molecular weight is 398 g/mol. The number of anilines is 1. The summed E-state index contributed by atoms with van der Waals surface area (Å²) in [5.41, 5.74) is 0.786. The van der Waals surface area contributed by atoms with Gasteiger partial charge in [0.1, 0.15) is 5.76 Å². The van der Waals surface area contributed by atoms with Gasteiger partial charge < -0.3 is 14.5 Å². The third kappa shape index (κ3) is 5.55. The normalized spacial score (nSPS) is 10.8. The highest BCUT2D eigenvalue weighted by molar-refractivity contribution is 7.09. The second-order valence-corrected chi connectivity index (χ2v) is 7.15. The first-order valence-electron chi connectivity index (χ1n) is 8.99. The number of para-hydroxylation sites is 1. The monoisotopic (exact) mass is 398 g/mol. The van der Waals surface area contributed by atoms with E-state index in [2.05, 4.69) is 5.32 Å². The lowest BCUT2D eigenvalue weighted by molar-refractivity contribution is -0.117. The summed E-state index contributed by atoms with van der Waals surface area (Å²) in [6.07, 6.45) is 1.62. The van der Waals surface area contributed by atoms with Crippen molar-refractivity contribution >= 4 is 28.9 Å². The second-order valence-electron chi connectivity index (χ2n) is 6.12. The number of nitrogens with zero attached hydrogens (tertiary/aromatic N) is 1. The Morgan fingerprint density at radius 1 is 1.11 bits per heavy atom. The van der Waals surface area contributed by atoms with E-state index in [1.807, 2.05) is 34.5 Å². The van der Waals surface area contributed by atoms with Crippen molar-refractivity contribution in [2.75, 3.05) is 18.5 Å². The number of ether oxygens (including phenoxy) is 1. The number of carbonyl (C=O) groups is 2. The van der Waals surface area contributed by atoms with Crippen LogP contribution in [0.1, 0.15) is 27.9 Å². The number of hydrogen-bond acceptors (Lipinski definition) is 6. The van der Waals surface area contributed by atoms with Crippen molar-refractivity contribution in [1.82, 2.24) is 4.90 Å². The molecule has 0 radical (unpaired) electrons. The van der Waals surface area contributed by atoms with Gasteiger partial charge in [-0.05, 0) is 42.6 Å². The average Bonchev–Trinajstić information content (AvgIpc) is 3.36. The number of furan rings is 1. The Bertz CT molecular complexity index is 855. The van der Waals surface area contributed by atoms with Gasteiger partial charge in [-0.2, -0.15) is 0 Å². The number of esters is 1. The van der Waals surface area contributed by atoms with Crippen LogP contribution in [0.15, 0.2) is 64.6 Å². The largest absolute Gasteiger partial charge is 0.468 e. The molecule has 1 N–H and O–H groups in total. The molecule has 0 saturated carbocycles. The van der Waals surface area contributed by atoms with Crippen LogP contribution in [0.25, 0.3) is 0 Å². The fourth-order valence-corrected chi connectivity index (χ4v) is 3.53. The van der Waals surface area contributed by atoms with Crippen molar-refractivity contribution in [2.24, 2.45) is 0 Å². The molecule has 0 bridgehead atoms. The third-order valence-corrected chi connectivity index (χ3v) is 4.84. The van der Waals surface area contributed by atoms with Crippen LogP contribution < -0.4 is 5.32 Å². The van der Waals surface area contributed by atoms with E-state index in [-0.39, 0.29) is 19.1 Å². The minimum atomic E-state index is -0.454. The van der Waals surface area contributed by atoms with Gasteiger partial charge in [0.2, 0.25) is 5.91 Å². The van der Waals surface area contributed by atoms with Crippen LogP contribution in [0, 0.1) is 0 Å². The minimum absolute atomic E-state index is 0.162. The van der Waals surface area contributed by atoms with Gasteiger partial charge >= 0.3 is 5.97 Å². The van der Waals surface area contributed by atoms with E-state index in [1.54, 1.807) is 48.8 Å². The topological polar surface area (TPSA) is 71.8 Å². The molecule has 2 heterocycles. The van der Waals surface area contributed by atoms with Gasteiger partial charge in [-0.15, -0.1) is 11.3 Å². The Morgan fingerprint density at radius 2 is 1.96 bits per heavy atom. The summed E-state index contributed by atoms with van der Waals surface area (Å²) in [5.74, 6) is 0.126. The van der Waals surface area contributed by atoms with E-state index >= 15 is 0 Å². The van der Waals surface area contributed by atoms with Crippen LogP contribution >= 0.6 is 11.3 Å². The van der Waals surface area contributed by atoms with Crippen LogP contribution in [0.3, 0.4) is 0 Å². The summed E-state index contributed by atoms with van der Waals surface area (Å²) in [6, 6.07) is 14.6. The molecule has 0 saturated heterocycles. The number of carbonyl (C=O) groups excluding carboxylic acids is 2. The predicted octanol–water partition coefficient (Wildman–Crippen LogP) is 4.16. The fourth-order valence-electron chi connectivity index (χ4n) is 2.79. The zero-order chi connectivity index (χ0) is 19.8. The number of nitrogens with one attached hydrogen (secondary N) is 1. The number of thiophene rings is 1. The number of rotatable bonds is 9. The molecular formula is C21H22N2O4S. The minimum Gasteiger partial charge on any atom is -0.468 e. The van der Waals surface area contributed by atoms with Crippen molar-refractivity contribution in [3.05, 3.63) is 76.4 Å². The molecule has 2 aromatic heterocycles. The SMILES string of the molecule is CCOC(=O)c1ccccc1NC(=O)CN(Cc1ccco1)Cc1cccs1. The van der Waals surface area contributed by atoms with Gasteiger partial charge in [-0.3, -0.25) is 9.69 Å². The first kappa shape index (κ1) is 19.9. The summed E-state index contributed by atoms with van der Waals surface area (Å²) in [6.45, 7) is 3.33. The quantitative estimate of drug-likeness (QED) is 0.548. The maximum Gasteiger partial charge on any atom is 0.340 e. The molecular weight excluding hydrogens is 376 g/mol. The lowest BCUT2D eigenvalue weighted by Gasteiger charge is -2.20. The first-order valence-corrected chi connectivity index (χ1v) is 9.86. The molecule has 3 aromatic rings. The molecule has 1 amide bonds. The van der Waals surface area contributed by atoms with Crippen LogP contribution in [-0.2, 0) is 22.6 Å². The standard InChI is InChI=1S/C21H22N2O4S/c1-2-26-21(25)18-9-3-4-10-19(18)22-20(24)15-23(13-16-7-5-11-27-16)14-17-8-6-12-28-17/h3-12H,2,13-15H2,1H3,(H,22,24). The van der Waals surface area contributed by atoms with Crippen molar-refractivity contribution in [3.63, 3.8) is 0 Å². The van der Waals surface area contributed by atoms with Gasteiger partial charge in [0.05, 0.1) is 37.2 Å². The first-order chi connectivity index (χ1) is 13.7. The summed E-state index contributed by atoms with van der Waals surface area (Å²) in [4.78, 5) is 27.9. The van der Waals surface area contributed by atoms with Crippen molar-refractivity contribution in [3.8, 4) is 0 Å². The van der Waals surface area contributed by atoms with Crippen molar-refractivity contribution in [1.29, 1.82) is 0 Å². The van der Waals surface area contributed by atoms with Crippen molar-refractivity contribution in [2.45, 2.75) is 20.0 Å². The lowest BCUT2D eigenvalue weighted by Crippen LogP contribution is -2.32. The summed E-state index contributed by atoms with van der Waals surface area (Å²) in [5, 5.41) is 4.84. The lowest BCUT2D eigenvalue weighted by atomic mass is 10.2. The van der Waals surface area contributed by atoms with Crippen LogP contribution in [-0.4, -0.2) is 29.9 Å². The molecule has 28 heavy (non-hydrogen) atoms. The number of amides is 1. The zero-order valence-corrected chi connectivity index (χ0v) is 16.4. The van der Waals surface area contributed by atoms with E-state index in [1.165, 1.54) is 0 Å². The van der Waals surface area contributed by atoms with Crippen LogP contribution in [0.4, 0.5) is 5.69 Å². The Hall–Kier alpha value is -2.90. The maximum atomic E-state index is 12.7. The van der Waals surface area contributed by atoms with Crippen molar-refractivity contribution < 1.29 is 18.7 Å². The van der Waals surface area contributed by atoms with Gasteiger partial charge in [0.25, 0.3) is 0 Å². The summed E-state index contributed by atoms with van der Waals surface area (Å²) < 4.78 is 10.5. The molecule has 0 aliphatic heterocycles. The van der Waals surface area contributed by atoms with Crippen LogP contribution in [0.2, 0.25) is 0 Å². The van der Waals surface area contributed by atoms with Gasteiger partial charge in [-0.1, -0.05) is 18.2 Å². The van der Waals surface area contributed by atoms with E-state index < -0.39 is 5.97 Å². The van der Waals surface area contributed by atoms with Gasteiger partial charge in [0, 0.05) is 11.4 Å². The van der Waals surface area contributed by atoms with Gasteiger partial charge in [0.15, 0.2) is 0 Å². The Balaban J connectivity index is 1.69. The summed E-state index contributed by atoms with van der Waals surface area (Å²) >= 11 is 1.64. The third-order valence-electron chi connectivity index (χ3n) is 3.98. The molecule has 6 nitrogen and oxygen atoms in total. The maximum absolute atomic E-state index is 12.7. The summed E-state index contributed by atoms with van der Waals surface area (Å²) in [7, 11) is 0. The Labute approximate surface area is 167 Å². The number of benzene rings is 1. The predicted molar refractivity (Wildman–Crippen MR) is 108 cm³/mol. The van der Waals surface area contributed by atoms with E-state index in [9.17, 15) is 9.59 Å². The van der Waals surface area contributed by atoms with E-state index in [0.717, 1.165) is 10.6 Å². The highest BCUT2D eigenvalue weighted by Crippen LogP contribution is 2.18. The molecule has 7 heteroatoms. The Kier molecular flexibility index (Phi) is 7.00. The fraction of sp³-hybridized carbons (Fsp3) is 0.238. The molecule has 0 aliphatic carbocycles. The highest BCUT2D eigenvalue weighted by atomic mass is 32.1. The van der Waals surface area contributed by atoms with Gasteiger partial charge in [-0.25, -0.2) is 4.79 Å². The van der Waals surface area contributed by atoms with E-state index in [0.29, 0.717) is 24.3 Å². The molecule has 3 rings (SSSR count). The number of hydrogen-bond donors (Lipinski definition) is 1. The molecule has 1 aromatic carbocycles. The Morgan fingerprint density at radius 3 is 2.68 bits per heavy atom. The van der Waals surface area contributed by atoms with Crippen LogP contribution in [0.5, 0.6) is 0 Å².